The molecule has 0 saturated heterocycles. The van der Waals surface area contributed by atoms with Crippen LogP contribution in [0.2, 0.25) is 0 Å². The molecule has 2 aromatic heterocycles. The lowest BCUT2D eigenvalue weighted by Crippen LogP contribution is -1.77. The van der Waals surface area contributed by atoms with Gasteiger partial charge in [-0.3, -0.25) is 10.1 Å². The highest BCUT2D eigenvalue weighted by molar-refractivity contribution is 5.56. The van der Waals surface area contributed by atoms with Crippen molar-refractivity contribution in [3.05, 3.63) is 36.8 Å². The molecule has 0 aliphatic rings. The van der Waals surface area contributed by atoms with Gasteiger partial charge in [0.1, 0.15) is 5.69 Å². The molecule has 0 bridgehead atoms. The molecular weight excluding hydrogens is 138 g/mol. The minimum atomic E-state index is 0.826. The summed E-state index contributed by atoms with van der Waals surface area (Å²) >= 11 is 0. The first-order valence-electron chi connectivity index (χ1n) is 3.28. The standard InChI is InChI=1S/C8H6N3/c1-4-9-5-2-7(1)8-3-6-10-11-8/h1-2,4-6H,(H,10,11). The Morgan fingerprint density at radius 1 is 1.27 bits per heavy atom. The molecule has 0 aliphatic heterocycles. The van der Waals surface area contributed by atoms with E-state index in [1.807, 2.05) is 12.1 Å². The van der Waals surface area contributed by atoms with Gasteiger partial charge < -0.3 is 0 Å². The first-order valence-corrected chi connectivity index (χ1v) is 3.28. The summed E-state index contributed by atoms with van der Waals surface area (Å²) in [5, 5.41) is 6.68. The summed E-state index contributed by atoms with van der Waals surface area (Å²) in [4.78, 5) is 3.90. The molecule has 1 N–H and O–H groups in total. The van der Waals surface area contributed by atoms with Crippen LogP contribution < -0.4 is 0 Å². The van der Waals surface area contributed by atoms with Crippen LogP contribution in [0.25, 0.3) is 11.3 Å². The maximum Gasteiger partial charge on any atom is 0.100 e. The minimum Gasteiger partial charge on any atom is -0.284 e. The Balaban J connectivity index is 2.46. The second-order valence-corrected chi connectivity index (χ2v) is 2.11. The van der Waals surface area contributed by atoms with E-state index in [0.29, 0.717) is 0 Å². The maximum atomic E-state index is 3.98. The SMILES string of the molecule is [c]1c[nH]nc1-c1ccncc1. The highest BCUT2D eigenvalue weighted by Gasteiger charge is 1.96. The molecule has 0 atom stereocenters. The number of hydrogen-bond acceptors (Lipinski definition) is 2. The van der Waals surface area contributed by atoms with Gasteiger partial charge in [0.25, 0.3) is 0 Å². The van der Waals surface area contributed by atoms with E-state index in [1.165, 1.54) is 0 Å². The van der Waals surface area contributed by atoms with Gasteiger partial charge in [-0.25, -0.2) is 0 Å². The van der Waals surface area contributed by atoms with Crippen molar-refractivity contribution in [2.75, 3.05) is 0 Å². The zero-order valence-corrected chi connectivity index (χ0v) is 5.78. The van der Waals surface area contributed by atoms with Gasteiger partial charge in [0.05, 0.1) is 0 Å². The van der Waals surface area contributed by atoms with Crippen molar-refractivity contribution in [1.82, 2.24) is 15.2 Å². The summed E-state index contributed by atoms with van der Waals surface area (Å²) in [5.41, 5.74) is 1.86. The van der Waals surface area contributed by atoms with Crippen molar-refractivity contribution in [3.63, 3.8) is 0 Å². The Hall–Kier alpha value is -1.64. The largest absolute Gasteiger partial charge is 0.284 e. The normalized spacial score (nSPS) is 9.82. The van der Waals surface area contributed by atoms with E-state index in [2.05, 4.69) is 21.2 Å². The predicted molar refractivity (Wildman–Crippen MR) is 40.7 cm³/mol. The Bertz CT molecular complexity index is 312. The fraction of sp³-hybridized carbons (Fsp3) is 0. The zero-order chi connectivity index (χ0) is 7.52. The molecule has 0 aliphatic carbocycles. The Morgan fingerprint density at radius 3 is 2.73 bits per heavy atom. The second kappa shape index (κ2) is 2.54. The van der Waals surface area contributed by atoms with E-state index in [9.17, 15) is 0 Å². The van der Waals surface area contributed by atoms with Crippen molar-refractivity contribution in [3.8, 4) is 11.3 Å². The molecule has 3 nitrogen and oxygen atoms in total. The molecular formula is C8H6N3. The third-order valence-electron chi connectivity index (χ3n) is 1.40. The molecule has 3 heteroatoms. The van der Waals surface area contributed by atoms with Crippen LogP contribution in [-0.4, -0.2) is 15.2 Å². The van der Waals surface area contributed by atoms with Crippen molar-refractivity contribution < 1.29 is 0 Å². The molecule has 1 radical (unpaired) electrons. The summed E-state index contributed by atoms with van der Waals surface area (Å²) in [6, 6.07) is 6.75. The average molecular weight is 144 g/mol. The molecule has 53 valence electrons. The van der Waals surface area contributed by atoms with Crippen LogP contribution >= 0.6 is 0 Å². The van der Waals surface area contributed by atoms with Gasteiger partial charge in [-0.1, -0.05) is 0 Å². The molecule has 0 saturated carbocycles. The van der Waals surface area contributed by atoms with Gasteiger partial charge in [-0.05, 0) is 12.1 Å². The number of nitrogens with zero attached hydrogens (tertiary/aromatic N) is 2. The van der Waals surface area contributed by atoms with Crippen molar-refractivity contribution in [1.29, 1.82) is 0 Å². The van der Waals surface area contributed by atoms with Gasteiger partial charge >= 0.3 is 0 Å². The highest BCUT2D eigenvalue weighted by atomic mass is 15.1. The number of aromatic nitrogens is 3. The highest BCUT2D eigenvalue weighted by Crippen LogP contribution is 2.12. The molecule has 0 spiro atoms. The lowest BCUT2D eigenvalue weighted by Gasteiger charge is -1.91. The van der Waals surface area contributed by atoms with Crippen LogP contribution in [0.4, 0.5) is 0 Å². The Labute approximate surface area is 64.1 Å². The number of nitrogens with one attached hydrogen (secondary N) is 1. The average Bonchev–Trinajstić information content (AvgIpc) is 2.58. The van der Waals surface area contributed by atoms with Crippen LogP contribution in [0.5, 0.6) is 0 Å². The third kappa shape index (κ3) is 1.12. The van der Waals surface area contributed by atoms with Crippen molar-refractivity contribution in [2.24, 2.45) is 0 Å². The van der Waals surface area contributed by atoms with E-state index < -0.39 is 0 Å². The monoisotopic (exact) mass is 144 g/mol. The van der Waals surface area contributed by atoms with Crippen molar-refractivity contribution >= 4 is 0 Å². The maximum absolute atomic E-state index is 3.98. The Kier molecular flexibility index (Phi) is 1.41. The summed E-state index contributed by atoms with van der Waals surface area (Å²) in [6.07, 6.45) is 5.14. The second-order valence-electron chi connectivity index (χ2n) is 2.11. The Morgan fingerprint density at radius 2 is 2.09 bits per heavy atom. The van der Waals surface area contributed by atoms with Gasteiger partial charge in [-0.2, -0.15) is 5.10 Å². The molecule has 0 fully saturated rings. The first kappa shape index (κ1) is 6.09. The lowest BCUT2D eigenvalue weighted by molar-refractivity contribution is 1.09. The van der Waals surface area contributed by atoms with Crippen LogP contribution in [-0.2, 0) is 0 Å². The molecule has 0 amide bonds. The fourth-order valence-electron chi connectivity index (χ4n) is 0.887. The van der Waals surface area contributed by atoms with E-state index in [1.54, 1.807) is 18.6 Å². The van der Waals surface area contributed by atoms with Gasteiger partial charge in [0.2, 0.25) is 0 Å². The van der Waals surface area contributed by atoms with Crippen LogP contribution in [0.1, 0.15) is 0 Å². The van der Waals surface area contributed by atoms with Crippen LogP contribution in [0, 0.1) is 6.07 Å². The minimum absolute atomic E-state index is 0.826. The van der Waals surface area contributed by atoms with Crippen LogP contribution in [0.15, 0.2) is 30.7 Å². The molecule has 2 rings (SSSR count). The van der Waals surface area contributed by atoms with Gasteiger partial charge in [0.15, 0.2) is 0 Å². The third-order valence-corrected chi connectivity index (χ3v) is 1.40. The predicted octanol–water partition coefficient (Wildman–Crippen LogP) is 1.27. The number of rotatable bonds is 1. The van der Waals surface area contributed by atoms with Crippen LogP contribution in [0.3, 0.4) is 0 Å². The summed E-state index contributed by atoms with van der Waals surface area (Å²) in [7, 11) is 0. The zero-order valence-electron chi connectivity index (χ0n) is 5.78. The summed E-state index contributed by atoms with van der Waals surface area (Å²) in [5.74, 6) is 0. The fourth-order valence-corrected chi connectivity index (χ4v) is 0.887. The van der Waals surface area contributed by atoms with Gasteiger partial charge in [-0.15, -0.1) is 0 Å². The molecule has 0 unspecified atom stereocenters. The number of H-pyrrole nitrogens is 1. The van der Waals surface area contributed by atoms with E-state index in [4.69, 9.17) is 0 Å². The van der Waals surface area contributed by atoms with E-state index in [0.717, 1.165) is 11.3 Å². The molecule has 2 aromatic rings. The van der Waals surface area contributed by atoms with Gasteiger partial charge in [0, 0.05) is 30.2 Å². The number of pyridine rings is 1. The van der Waals surface area contributed by atoms with E-state index in [-0.39, 0.29) is 0 Å². The molecule has 2 heterocycles. The summed E-state index contributed by atoms with van der Waals surface area (Å²) in [6.45, 7) is 0. The van der Waals surface area contributed by atoms with E-state index >= 15 is 0 Å². The lowest BCUT2D eigenvalue weighted by atomic mass is 10.2. The number of hydrogen-bond donors (Lipinski definition) is 1. The summed E-state index contributed by atoms with van der Waals surface area (Å²) < 4.78 is 0. The number of aromatic amines is 1. The smallest absolute Gasteiger partial charge is 0.100 e. The molecule has 0 aromatic carbocycles. The topological polar surface area (TPSA) is 41.6 Å². The first-order chi connectivity index (χ1) is 5.47. The molecule has 11 heavy (non-hydrogen) atoms. The quantitative estimate of drug-likeness (QED) is 0.654. The van der Waals surface area contributed by atoms with Crippen molar-refractivity contribution in [2.45, 2.75) is 0 Å².